The van der Waals surface area contributed by atoms with Gasteiger partial charge < -0.3 is 10.4 Å². The number of hydrogen-bond acceptors (Lipinski definition) is 4. The first-order valence-electron chi connectivity index (χ1n) is 9.03. The molecule has 0 bridgehead atoms. The first-order chi connectivity index (χ1) is 13.9. The number of carbonyl (C=O) groups is 2. The molecule has 0 radical (unpaired) electrons. The molecule has 0 aliphatic rings. The molecule has 0 spiro atoms. The standard InChI is InChI=1S/C23H18N2O3S/c1-13-3-9-17(23(27)28)18(11-13)21(26)24-16-7-5-15(6-8-16)22-25-19-10-4-14(2)12-20(19)29-22/h3-12H,1-2H3,(H,24,26)(H,27,28). The number of carboxylic acid groups (broad SMARTS) is 1. The number of carbonyl (C=O) groups excluding carboxylic acids is 1. The summed E-state index contributed by atoms with van der Waals surface area (Å²) in [5.74, 6) is -1.58. The smallest absolute Gasteiger partial charge is 0.336 e. The molecule has 144 valence electrons. The highest BCUT2D eigenvalue weighted by Crippen LogP contribution is 2.31. The van der Waals surface area contributed by atoms with Crippen LogP contribution < -0.4 is 5.32 Å². The average Bonchev–Trinajstić information content (AvgIpc) is 3.11. The number of rotatable bonds is 4. The van der Waals surface area contributed by atoms with Gasteiger partial charge in [-0.05, 0) is 67.9 Å². The highest BCUT2D eigenvalue weighted by molar-refractivity contribution is 7.21. The van der Waals surface area contributed by atoms with Crippen LogP contribution in [0.5, 0.6) is 0 Å². The van der Waals surface area contributed by atoms with E-state index in [4.69, 9.17) is 0 Å². The monoisotopic (exact) mass is 402 g/mol. The van der Waals surface area contributed by atoms with Crippen LogP contribution in [0.15, 0.2) is 60.7 Å². The zero-order valence-corrected chi connectivity index (χ0v) is 16.7. The summed E-state index contributed by atoms with van der Waals surface area (Å²) < 4.78 is 1.14. The molecule has 0 fully saturated rings. The van der Waals surface area contributed by atoms with Gasteiger partial charge >= 0.3 is 5.97 Å². The molecule has 2 N–H and O–H groups in total. The number of nitrogens with one attached hydrogen (secondary N) is 1. The number of amides is 1. The van der Waals surface area contributed by atoms with Crippen LogP contribution in [0.1, 0.15) is 31.8 Å². The lowest BCUT2D eigenvalue weighted by Gasteiger charge is -2.09. The number of fused-ring (bicyclic) bond motifs is 1. The van der Waals surface area contributed by atoms with Gasteiger partial charge in [0.1, 0.15) is 5.01 Å². The molecule has 6 heteroatoms. The van der Waals surface area contributed by atoms with E-state index >= 15 is 0 Å². The lowest BCUT2D eigenvalue weighted by Crippen LogP contribution is -2.16. The second kappa shape index (κ2) is 7.48. The van der Waals surface area contributed by atoms with Gasteiger partial charge in [0.15, 0.2) is 0 Å². The maximum absolute atomic E-state index is 12.6. The third-order valence-corrected chi connectivity index (χ3v) is 5.65. The van der Waals surface area contributed by atoms with Crippen LogP contribution in [0.4, 0.5) is 5.69 Å². The van der Waals surface area contributed by atoms with Crippen molar-refractivity contribution in [1.82, 2.24) is 4.98 Å². The molecule has 0 atom stereocenters. The van der Waals surface area contributed by atoms with Gasteiger partial charge in [-0.2, -0.15) is 0 Å². The minimum Gasteiger partial charge on any atom is -0.478 e. The number of thiazole rings is 1. The van der Waals surface area contributed by atoms with E-state index in [0.717, 1.165) is 26.4 Å². The molecular formula is C23H18N2O3S. The predicted molar refractivity (Wildman–Crippen MR) is 116 cm³/mol. The maximum atomic E-state index is 12.6. The number of benzene rings is 3. The van der Waals surface area contributed by atoms with Crippen molar-refractivity contribution in [2.75, 3.05) is 5.32 Å². The third kappa shape index (κ3) is 3.88. The van der Waals surface area contributed by atoms with Crippen LogP contribution in [0.25, 0.3) is 20.8 Å². The summed E-state index contributed by atoms with van der Waals surface area (Å²) in [4.78, 5) is 28.7. The van der Waals surface area contributed by atoms with E-state index in [0.29, 0.717) is 5.69 Å². The molecule has 0 aliphatic heterocycles. The van der Waals surface area contributed by atoms with Gasteiger partial charge in [0.05, 0.1) is 21.3 Å². The Morgan fingerprint density at radius 3 is 2.31 bits per heavy atom. The molecule has 29 heavy (non-hydrogen) atoms. The van der Waals surface area contributed by atoms with Gasteiger partial charge in [-0.3, -0.25) is 4.79 Å². The largest absolute Gasteiger partial charge is 0.478 e. The highest BCUT2D eigenvalue weighted by atomic mass is 32.1. The molecule has 1 aromatic heterocycles. The second-order valence-electron chi connectivity index (χ2n) is 6.88. The van der Waals surface area contributed by atoms with E-state index in [1.165, 1.54) is 11.6 Å². The van der Waals surface area contributed by atoms with E-state index in [1.807, 2.05) is 31.2 Å². The molecular weight excluding hydrogens is 384 g/mol. The Labute approximate surface area is 171 Å². The van der Waals surface area contributed by atoms with E-state index in [2.05, 4.69) is 23.3 Å². The Morgan fingerprint density at radius 2 is 1.59 bits per heavy atom. The van der Waals surface area contributed by atoms with Crippen molar-refractivity contribution in [3.05, 3.63) is 82.9 Å². The number of aryl methyl sites for hydroxylation is 2. The molecule has 0 saturated heterocycles. The van der Waals surface area contributed by atoms with Crippen LogP contribution in [-0.2, 0) is 0 Å². The van der Waals surface area contributed by atoms with Crippen LogP contribution in [0, 0.1) is 13.8 Å². The van der Waals surface area contributed by atoms with E-state index in [1.54, 1.807) is 35.6 Å². The molecule has 4 rings (SSSR count). The highest BCUT2D eigenvalue weighted by Gasteiger charge is 2.17. The number of aromatic nitrogens is 1. The maximum Gasteiger partial charge on any atom is 0.336 e. The van der Waals surface area contributed by atoms with Crippen molar-refractivity contribution in [3.63, 3.8) is 0 Å². The predicted octanol–water partition coefficient (Wildman–Crippen LogP) is 5.53. The lowest BCUT2D eigenvalue weighted by atomic mass is 10.0. The summed E-state index contributed by atoms with van der Waals surface area (Å²) >= 11 is 1.62. The van der Waals surface area contributed by atoms with Crippen molar-refractivity contribution in [2.24, 2.45) is 0 Å². The van der Waals surface area contributed by atoms with Crippen LogP contribution >= 0.6 is 11.3 Å². The number of carboxylic acids is 1. The van der Waals surface area contributed by atoms with E-state index < -0.39 is 11.9 Å². The molecule has 1 amide bonds. The van der Waals surface area contributed by atoms with Crippen molar-refractivity contribution < 1.29 is 14.7 Å². The summed E-state index contributed by atoms with van der Waals surface area (Å²) in [6, 6.07) is 18.3. The van der Waals surface area contributed by atoms with Crippen LogP contribution in [0.3, 0.4) is 0 Å². The first-order valence-corrected chi connectivity index (χ1v) is 9.85. The molecule has 3 aromatic carbocycles. The fraction of sp³-hybridized carbons (Fsp3) is 0.0870. The van der Waals surface area contributed by atoms with Crippen molar-refractivity contribution in [1.29, 1.82) is 0 Å². The summed E-state index contributed by atoms with van der Waals surface area (Å²) in [7, 11) is 0. The Balaban J connectivity index is 1.57. The molecule has 5 nitrogen and oxygen atoms in total. The van der Waals surface area contributed by atoms with Gasteiger partial charge in [-0.1, -0.05) is 17.7 Å². The van der Waals surface area contributed by atoms with Crippen molar-refractivity contribution in [3.8, 4) is 10.6 Å². The van der Waals surface area contributed by atoms with Crippen LogP contribution in [0.2, 0.25) is 0 Å². The normalized spacial score (nSPS) is 10.8. The van der Waals surface area contributed by atoms with Gasteiger partial charge in [0, 0.05) is 11.3 Å². The molecule has 0 saturated carbocycles. The molecule has 0 aliphatic carbocycles. The molecule has 1 heterocycles. The Bertz CT molecular complexity index is 1240. The summed E-state index contributed by atoms with van der Waals surface area (Å²) in [6.07, 6.45) is 0. The Kier molecular flexibility index (Phi) is 4.86. The average molecular weight is 402 g/mol. The van der Waals surface area contributed by atoms with Gasteiger partial charge in [0.25, 0.3) is 5.91 Å². The van der Waals surface area contributed by atoms with Gasteiger partial charge in [-0.15, -0.1) is 11.3 Å². The quantitative estimate of drug-likeness (QED) is 0.470. The van der Waals surface area contributed by atoms with Gasteiger partial charge in [0.2, 0.25) is 0 Å². The van der Waals surface area contributed by atoms with Crippen molar-refractivity contribution >= 4 is 39.1 Å². The zero-order valence-electron chi connectivity index (χ0n) is 15.9. The fourth-order valence-corrected chi connectivity index (χ4v) is 4.15. The number of anilines is 1. The summed E-state index contributed by atoms with van der Waals surface area (Å²) in [5, 5.41) is 13.0. The van der Waals surface area contributed by atoms with Crippen molar-refractivity contribution in [2.45, 2.75) is 13.8 Å². The number of hydrogen-bond donors (Lipinski definition) is 2. The Hall–Kier alpha value is -3.51. The number of aromatic carboxylic acids is 1. The van der Waals surface area contributed by atoms with E-state index in [9.17, 15) is 14.7 Å². The zero-order chi connectivity index (χ0) is 20.5. The lowest BCUT2D eigenvalue weighted by molar-refractivity contribution is 0.0692. The van der Waals surface area contributed by atoms with E-state index in [-0.39, 0.29) is 11.1 Å². The topological polar surface area (TPSA) is 79.3 Å². The summed E-state index contributed by atoms with van der Waals surface area (Å²) in [6.45, 7) is 3.87. The molecule has 0 unspecified atom stereocenters. The van der Waals surface area contributed by atoms with Crippen LogP contribution in [-0.4, -0.2) is 22.0 Å². The SMILES string of the molecule is Cc1ccc(C(=O)O)c(C(=O)Nc2ccc(-c3nc4ccc(C)cc4s3)cc2)c1. The molecule has 4 aromatic rings. The third-order valence-electron chi connectivity index (χ3n) is 4.58. The summed E-state index contributed by atoms with van der Waals surface area (Å²) in [5.41, 5.74) is 4.66. The minimum atomic E-state index is -1.13. The fourth-order valence-electron chi connectivity index (χ4n) is 3.08. The minimum absolute atomic E-state index is 0.0190. The second-order valence-corrected chi connectivity index (χ2v) is 7.91. The number of nitrogens with zero attached hydrogens (tertiary/aromatic N) is 1. The Morgan fingerprint density at radius 1 is 0.897 bits per heavy atom. The first kappa shape index (κ1) is 18.8. The van der Waals surface area contributed by atoms with Gasteiger partial charge in [-0.25, -0.2) is 9.78 Å².